The summed E-state index contributed by atoms with van der Waals surface area (Å²) in [4.78, 5) is 16.2. The van der Waals surface area contributed by atoms with Crippen molar-refractivity contribution in [3.05, 3.63) is 22.8 Å². The highest BCUT2D eigenvalue weighted by molar-refractivity contribution is 6.33. The van der Waals surface area contributed by atoms with Crippen LogP contribution in [0.15, 0.2) is 12.1 Å². The van der Waals surface area contributed by atoms with Crippen molar-refractivity contribution in [2.45, 2.75) is 26.2 Å². The van der Waals surface area contributed by atoms with Gasteiger partial charge < -0.3 is 10.6 Å². The Morgan fingerprint density at radius 1 is 1.50 bits per heavy atom. The lowest BCUT2D eigenvalue weighted by Gasteiger charge is -2.08. The molecule has 18 heavy (non-hydrogen) atoms. The van der Waals surface area contributed by atoms with Gasteiger partial charge >= 0.3 is 0 Å². The highest BCUT2D eigenvalue weighted by Gasteiger charge is 2.21. The molecule has 1 aliphatic carbocycles. The molecule has 5 heteroatoms. The molecule has 0 radical (unpaired) electrons. The molecule has 0 spiro atoms. The summed E-state index contributed by atoms with van der Waals surface area (Å²) in [5.74, 6) is 1.29. The van der Waals surface area contributed by atoms with Crippen LogP contribution in [0.1, 0.15) is 36.7 Å². The van der Waals surface area contributed by atoms with E-state index in [1.807, 2.05) is 6.92 Å². The molecule has 1 aliphatic rings. The number of carbonyl (C=O) groups excluding carboxylic acids is 1. The zero-order valence-electron chi connectivity index (χ0n) is 10.5. The minimum Gasteiger partial charge on any atom is -0.370 e. The Kier molecular flexibility index (Phi) is 4.42. The van der Waals surface area contributed by atoms with Crippen molar-refractivity contribution >= 4 is 23.3 Å². The molecule has 98 valence electrons. The molecule has 1 aromatic heterocycles. The zero-order valence-corrected chi connectivity index (χ0v) is 11.3. The Morgan fingerprint density at radius 2 is 2.28 bits per heavy atom. The van der Waals surface area contributed by atoms with Crippen LogP contribution >= 0.6 is 11.6 Å². The molecule has 0 saturated heterocycles. The largest absolute Gasteiger partial charge is 0.370 e. The lowest BCUT2D eigenvalue weighted by molar-refractivity contribution is 0.0948. The minimum atomic E-state index is -0.194. The van der Waals surface area contributed by atoms with Gasteiger partial charge in [0.2, 0.25) is 0 Å². The molecule has 0 atom stereocenters. The van der Waals surface area contributed by atoms with E-state index >= 15 is 0 Å². The maximum Gasteiger partial charge on any atom is 0.271 e. The summed E-state index contributed by atoms with van der Waals surface area (Å²) < 4.78 is 0. The first-order valence-electron chi connectivity index (χ1n) is 6.39. The van der Waals surface area contributed by atoms with Gasteiger partial charge in [-0.3, -0.25) is 4.79 Å². The van der Waals surface area contributed by atoms with Crippen molar-refractivity contribution in [3.63, 3.8) is 0 Å². The number of hydrogen-bond donors (Lipinski definition) is 2. The third kappa shape index (κ3) is 3.60. The number of halogens is 1. The normalized spacial score (nSPS) is 14.3. The molecule has 1 amide bonds. The van der Waals surface area contributed by atoms with E-state index in [1.165, 1.54) is 12.8 Å². The van der Waals surface area contributed by atoms with Gasteiger partial charge in [-0.25, -0.2) is 4.98 Å². The van der Waals surface area contributed by atoms with E-state index in [9.17, 15) is 4.79 Å². The van der Waals surface area contributed by atoms with E-state index in [1.54, 1.807) is 12.1 Å². The molecule has 1 aromatic rings. The van der Waals surface area contributed by atoms with Crippen LogP contribution in [0.4, 0.5) is 5.82 Å². The fourth-order valence-corrected chi connectivity index (χ4v) is 1.95. The van der Waals surface area contributed by atoms with Gasteiger partial charge in [0.25, 0.3) is 5.91 Å². The number of rotatable bonds is 6. The second-order valence-electron chi connectivity index (χ2n) is 4.55. The number of pyridine rings is 1. The van der Waals surface area contributed by atoms with Crippen molar-refractivity contribution in [3.8, 4) is 0 Å². The molecule has 2 N–H and O–H groups in total. The first-order valence-corrected chi connectivity index (χ1v) is 6.77. The van der Waals surface area contributed by atoms with Crippen LogP contribution in [-0.2, 0) is 0 Å². The summed E-state index contributed by atoms with van der Waals surface area (Å²) >= 11 is 5.99. The van der Waals surface area contributed by atoms with E-state index in [4.69, 9.17) is 11.6 Å². The third-order valence-electron chi connectivity index (χ3n) is 2.95. The van der Waals surface area contributed by atoms with Gasteiger partial charge in [0.15, 0.2) is 0 Å². The summed E-state index contributed by atoms with van der Waals surface area (Å²) in [6.45, 7) is 3.44. The average Bonchev–Trinajstić information content (AvgIpc) is 3.16. The summed E-state index contributed by atoms with van der Waals surface area (Å²) in [5, 5.41) is 6.32. The van der Waals surface area contributed by atoms with Gasteiger partial charge in [0.1, 0.15) is 11.5 Å². The predicted octanol–water partition coefficient (Wildman–Crippen LogP) is 2.70. The molecule has 1 heterocycles. The van der Waals surface area contributed by atoms with Crippen molar-refractivity contribution in [2.24, 2.45) is 5.92 Å². The topological polar surface area (TPSA) is 54.0 Å². The molecular weight excluding hydrogens is 250 g/mol. The lowest BCUT2D eigenvalue weighted by atomic mass is 10.3. The molecule has 0 aliphatic heterocycles. The Morgan fingerprint density at radius 3 is 2.94 bits per heavy atom. The summed E-state index contributed by atoms with van der Waals surface area (Å²) in [6.07, 6.45) is 3.64. The van der Waals surface area contributed by atoms with Crippen molar-refractivity contribution in [2.75, 3.05) is 18.4 Å². The number of nitrogens with one attached hydrogen (secondary N) is 2. The fraction of sp³-hybridized carbons (Fsp3) is 0.538. The summed E-state index contributed by atoms with van der Waals surface area (Å²) in [5.41, 5.74) is 0.297. The number of hydrogen-bond acceptors (Lipinski definition) is 3. The van der Waals surface area contributed by atoms with Crippen LogP contribution in [0.2, 0.25) is 5.02 Å². The quantitative estimate of drug-likeness (QED) is 0.833. The van der Waals surface area contributed by atoms with Crippen LogP contribution in [0.25, 0.3) is 0 Å². The smallest absolute Gasteiger partial charge is 0.271 e. The molecule has 2 rings (SSSR count). The van der Waals surface area contributed by atoms with E-state index < -0.39 is 0 Å². The van der Waals surface area contributed by atoms with Crippen molar-refractivity contribution in [1.82, 2.24) is 10.3 Å². The van der Waals surface area contributed by atoms with Crippen LogP contribution in [0.3, 0.4) is 0 Å². The number of carbonyl (C=O) groups is 1. The maximum absolute atomic E-state index is 11.9. The molecular formula is C13H18ClN3O. The molecule has 0 aromatic carbocycles. The Hall–Kier alpha value is -1.29. The Balaban J connectivity index is 1.95. The van der Waals surface area contributed by atoms with Gasteiger partial charge in [-0.2, -0.15) is 0 Å². The van der Waals surface area contributed by atoms with Gasteiger partial charge in [-0.05, 0) is 31.4 Å². The highest BCUT2D eigenvalue weighted by Crippen LogP contribution is 2.31. The number of anilines is 1. The van der Waals surface area contributed by atoms with Crippen molar-refractivity contribution < 1.29 is 4.79 Å². The van der Waals surface area contributed by atoms with Crippen LogP contribution in [0, 0.1) is 5.92 Å². The lowest BCUT2D eigenvalue weighted by Crippen LogP contribution is -2.26. The first kappa shape index (κ1) is 13.1. The number of amides is 1. The van der Waals surface area contributed by atoms with E-state index in [2.05, 4.69) is 15.6 Å². The number of aromatic nitrogens is 1. The van der Waals surface area contributed by atoms with Crippen LogP contribution in [-0.4, -0.2) is 24.0 Å². The highest BCUT2D eigenvalue weighted by atomic mass is 35.5. The SMILES string of the molecule is CCNc1ccc(Cl)c(C(=O)NCCC2CC2)n1. The third-order valence-corrected chi connectivity index (χ3v) is 3.26. The summed E-state index contributed by atoms with van der Waals surface area (Å²) in [6, 6.07) is 3.47. The minimum absolute atomic E-state index is 0.194. The van der Waals surface area contributed by atoms with Crippen LogP contribution < -0.4 is 10.6 Å². The van der Waals surface area contributed by atoms with E-state index in [0.29, 0.717) is 23.1 Å². The zero-order chi connectivity index (χ0) is 13.0. The van der Waals surface area contributed by atoms with E-state index in [-0.39, 0.29) is 5.91 Å². The van der Waals surface area contributed by atoms with E-state index in [0.717, 1.165) is 18.9 Å². The number of nitrogens with zero attached hydrogens (tertiary/aromatic N) is 1. The van der Waals surface area contributed by atoms with Gasteiger partial charge in [-0.15, -0.1) is 0 Å². The first-order chi connectivity index (χ1) is 8.70. The monoisotopic (exact) mass is 267 g/mol. The van der Waals surface area contributed by atoms with Gasteiger partial charge in [0, 0.05) is 13.1 Å². The maximum atomic E-state index is 11.9. The molecule has 0 unspecified atom stereocenters. The Labute approximate surface area is 112 Å². The summed E-state index contributed by atoms with van der Waals surface area (Å²) in [7, 11) is 0. The standard InChI is InChI=1S/C13H18ClN3O/c1-2-15-11-6-5-10(14)12(17-11)13(18)16-8-7-9-3-4-9/h5-6,9H,2-4,7-8H2,1H3,(H,15,17)(H,16,18). The van der Waals surface area contributed by atoms with Crippen molar-refractivity contribution in [1.29, 1.82) is 0 Å². The molecule has 1 fully saturated rings. The molecule has 0 bridgehead atoms. The van der Waals surface area contributed by atoms with Gasteiger partial charge in [-0.1, -0.05) is 24.4 Å². The second-order valence-corrected chi connectivity index (χ2v) is 4.95. The second kappa shape index (κ2) is 6.05. The predicted molar refractivity (Wildman–Crippen MR) is 73.1 cm³/mol. The molecule has 1 saturated carbocycles. The molecule has 4 nitrogen and oxygen atoms in total. The fourth-order valence-electron chi connectivity index (χ4n) is 1.76. The van der Waals surface area contributed by atoms with Gasteiger partial charge in [0.05, 0.1) is 5.02 Å². The average molecular weight is 268 g/mol. The van der Waals surface area contributed by atoms with Crippen LogP contribution in [0.5, 0.6) is 0 Å². The Bertz CT molecular complexity index is 432.